The number of fused-ring (bicyclic) bond motifs is 11. The molecule has 6 aromatic rings. The molecule has 2 amide bonds. The minimum absolute atomic E-state index is 0.335. The van der Waals surface area contributed by atoms with E-state index in [-0.39, 0.29) is 11.8 Å². The van der Waals surface area contributed by atoms with Crippen molar-refractivity contribution in [3.63, 3.8) is 0 Å². The molecule has 0 radical (unpaired) electrons. The van der Waals surface area contributed by atoms with Crippen molar-refractivity contribution in [2.45, 2.75) is 38.8 Å². The average molecular weight is 492 g/mol. The first-order chi connectivity index (χ1) is 17.7. The Bertz CT molecular complexity index is 1790. The second-order valence-corrected chi connectivity index (χ2v) is 10.9. The van der Waals surface area contributed by atoms with E-state index >= 15 is 0 Å². The maximum atomic E-state index is 13.3. The van der Waals surface area contributed by atoms with E-state index in [0.717, 1.165) is 82.6 Å². The zero-order valence-electron chi connectivity index (χ0n) is 19.4. The maximum Gasteiger partial charge on any atom is 0.259 e. The monoisotopic (exact) mass is 491 g/mol. The Labute approximate surface area is 209 Å². The summed E-state index contributed by atoms with van der Waals surface area (Å²) in [6.45, 7) is 1.53. The van der Waals surface area contributed by atoms with Crippen LogP contribution in [0.2, 0.25) is 0 Å². The first-order valence-corrected chi connectivity index (χ1v) is 13.2. The second kappa shape index (κ2) is 7.24. The van der Waals surface area contributed by atoms with Gasteiger partial charge in [-0.15, -0.1) is 11.3 Å². The van der Waals surface area contributed by atoms with Crippen LogP contribution in [0.5, 0.6) is 0 Å². The van der Waals surface area contributed by atoms with Gasteiger partial charge < -0.3 is 9.13 Å². The molecule has 1 aromatic carbocycles. The van der Waals surface area contributed by atoms with Crippen molar-refractivity contribution >= 4 is 67.0 Å². The Morgan fingerprint density at radius 3 is 1.72 bits per heavy atom. The first-order valence-electron chi connectivity index (χ1n) is 12.3. The SMILES string of the molecule is O=C1NC(=O)c2c1c1c3cccnc3n3c1c1c2c2cccnc2n1CCCc1ccc(s1)CCC3. The number of aromatic nitrogens is 4. The van der Waals surface area contributed by atoms with E-state index in [9.17, 15) is 9.59 Å². The number of nitrogens with zero attached hydrogens (tertiary/aromatic N) is 4. The van der Waals surface area contributed by atoms with Gasteiger partial charge in [-0.05, 0) is 62.1 Å². The molecule has 0 saturated heterocycles. The topological polar surface area (TPSA) is 81.8 Å². The van der Waals surface area contributed by atoms with Gasteiger partial charge in [-0.2, -0.15) is 0 Å². The molecule has 0 unspecified atom stereocenters. The number of thiophene rings is 1. The minimum Gasteiger partial charge on any atom is -0.323 e. The van der Waals surface area contributed by atoms with Gasteiger partial charge in [0, 0.05) is 56.8 Å². The molecule has 1 N–H and O–H groups in total. The number of nitrogens with one attached hydrogen (secondary N) is 1. The van der Waals surface area contributed by atoms with E-state index in [1.807, 2.05) is 35.6 Å². The van der Waals surface area contributed by atoms with Crippen LogP contribution < -0.4 is 5.32 Å². The summed E-state index contributed by atoms with van der Waals surface area (Å²) in [6.07, 6.45) is 7.51. The third-order valence-electron chi connectivity index (χ3n) is 7.62. The van der Waals surface area contributed by atoms with Crippen molar-refractivity contribution in [2.75, 3.05) is 0 Å². The van der Waals surface area contributed by atoms with Gasteiger partial charge in [-0.1, -0.05) is 0 Å². The molecule has 176 valence electrons. The third kappa shape index (κ3) is 2.57. The molecule has 0 aliphatic carbocycles. The number of carbonyl (C=O) groups is 2. The average Bonchev–Trinajstić information content (AvgIpc) is 3.62. The van der Waals surface area contributed by atoms with Crippen molar-refractivity contribution in [2.24, 2.45) is 0 Å². The van der Waals surface area contributed by atoms with Crippen LogP contribution in [0.1, 0.15) is 43.3 Å². The summed E-state index contributed by atoms with van der Waals surface area (Å²) < 4.78 is 4.54. The van der Waals surface area contributed by atoms with Gasteiger partial charge in [0.1, 0.15) is 11.3 Å². The maximum absolute atomic E-state index is 13.3. The highest BCUT2D eigenvalue weighted by Gasteiger charge is 2.37. The lowest BCUT2D eigenvalue weighted by molar-refractivity contribution is 0.0880. The molecule has 2 aliphatic rings. The van der Waals surface area contributed by atoms with Crippen LogP contribution in [0.3, 0.4) is 0 Å². The molecule has 0 spiro atoms. The molecule has 0 saturated carbocycles. The van der Waals surface area contributed by atoms with Crippen LogP contribution in [0.4, 0.5) is 0 Å². The first kappa shape index (κ1) is 20.2. The number of imide groups is 1. The van der Waals surface area contributed by atoms with Crippen LogP contribution in [-0.4, -0.2) is 30.9 Å². The summed E-state index contributed by atoms with van der Waals surface area (Å²) in [5, 5.41) is 6.04. The van der Waals surface area contributed by atoms with Crippen molar-refractivity contribution in [3.8, 4) is 0 Å². The minimum atomic E-state index is -0.335. The van der Waals surface area contributed by atoms with Gasteiger partial charge in [-0.25, -0.2) is 9.97 Å². The van der Waals surface area contributed by atoms with E-state index in [1.165, 1.54) is 9.75 Å². The highest BCUT2D eigenvalue weighted by atomic mass is 32.1. The number of aryl methyl sites for hydroxylation is 4. The van der Waals surface area contributed by atoms with Gasteiger partial charge in [-0.3, -0.25) is 14.9 Å². The Morgan fingerprint density at radius 1 is 0.722 bits per heavy atom. The van der Waals surface area contributed by atoms with E-state index in [1.54, 1.807) is 12.4 Å². The molecule has 8 heteroatoms. The summed E-state index contributed by atoms with van der Waals surface area (Å²) in [5.41, 5.74) is 4.58. The molecule has 5 aromatic heterocycles. The molecular formula is C28H21N5O2S. The largest absolute Gasteiger partial charge is 0.323 e. The van der Waals surface area contributed by atoms with Gasteiger partial charge in [0.15, 0.2) is 0 Å². The summed E-state index contributed by atoms with van der Waals surface area (Å²) in [5.74, 6) is -0.670. The molecule has 36 heavy (non-hydrogen) atoms. The van der Waals surface area contributed by atoms with Crippen LogP contribution in [-0.2, 0) is 25.9 Å². The van der Waals surface area contributed by atoms with E-state index in [4.69, 9.17) is 9.97 Å². The van der Waals surface area contributed by atoms with Gasteiger partial charge in [0.2, 0.25) is 0 Å². The van der Waals surface area contributed by atoms with Crippen LogP contribution in [0, 0.1) is 0 Å². The van der Waals surface area contributed by atoms with Crippen LogP contribution >= 0.6 is 11.3 Å². The molecule has 0 atom stereocenters. The fraction of sp³-hybridized carbons (Fsp3) is 0.214. The smallest absolute Gasteiger partial charge is 0.259 e. The third-order valence-corrected chi connectivity index (χ3v) is 8.82. The zero-order valence-corrected chi connectivity index (χ0v) is 20.2. The summed E-state index contributed by atoms with van der Waals surface area (Å²) in [6, 6.07) is 12.4. The lowest BCUT2D eigenvalue weighted by atomic mass is 9.97. The van der Waals surface area contributed by atoms with Crippen molar-refractivity contribution in [3.05, 3.63) is 69.7 Å². The summed E-state index contributed by atoms with van der Waals surface area (Å²) in [4.78, 5) is 38.9. The van der Waals surface area contributed by atoms with E-state index in [0.29, 0.717) is 11.1 Å². The zero-order chi connectivity index (χ0) is 24.0. The standard InChI is InChI=1S/C28H21N5O2S/c34-27-21-19-17-7-1-11-29-25(17)32-13-3-5-15-9-10-16(36-15)6-4-14-33-24(23(19)32)20(22(21)28(35)31-27)18-8-2-12-30-26(18)33/h1-2,7-12H,3-6,13-14H2,(H,31,34,35). The van der Waals surface area contributed by atoms with Gasteiger partial charge >= 0.3 is 0 Å². The predicted molar refractivity (Wildman–Crippen MR) is 141 cm³/mol. The highest BCUT2D eigenvalue weighted by molar-refractivity contribution is 7.11. The Morgan fingerprint density at radius 2 is 1.22 bits per heavy atom. The number of amides is 2. The summed E-state index contributed by atoms with van der Waals surface area (Å²) in [7, 11) is 0. The van der Waals surface area contributed by atoms with E-state index < -0.39 is 0 Å². The summed E-state index contributed by atoms with van der Waals surface area (Å²) >= 11 is 1.91. The quantitative estimate of drug-likeness (QED) is 0.296. The van der Waals surface area contributed by atoms with Crippen LogP contribution in [0.25, 0.3) is 43.9 Å². The number of pyridine rings is 2. The Hall–Kier alpha value is -4.04. The molecule has 2 bridgehead atoms. The van der Waals surface area contributed by atoms with Crippen molar-refractivity contribution < 1.29 is 9.59 Å². The Balaban J connectivity index is 1.60. The molecule has 2 aliphatic heterocycles. The molecule has 0 fully saturated rings. The number of hydrogen-bond donors (Lipinski definition) is 1. The van der Waals surface area contributed by atoms with Gasteiger partial charge in [0.25, 0.3) is 11.8 Å². The number of rotatable bonds is 0. The predicted octanol–water partition coefficient (Wildman–Crippen LogP) is 5.22. The van der Waals surface area contributed by atoms with Crippen molar-refractivity contribution in [1.29, 1.82) is 0 Å². The second-order valence-electron chi connectivity index (χ2n) is 9.61. The van der Waals surface area contributed by atoms with Crippen molar-refractivity contribution in [1.82, 2.24) is 24.4 Å². The number of carbonyl (C=O) groups excluding carboxylic acids is 2. The lowest BCUT2D eigenvalue weighted by Gasteiger charge is -2.12. The molecule has 7 nitrogen and oxygen atoms in total. The van der Waals surface area contributed by atoms with Gasteiger partial charge in [0.05, 0.1) is 22.2 Å². The van der Waals surface area contributed by atoms with Crippen LogP contribution in [0.15, 0.2) is 48.8 Å². The van der Waals surface area contributed by atoms with E-state index in [2.05, 4.69) is 26.6 Å². The fourth-order valence-corrected chi connectivity index (χ4v) is 7.33. The Kier molecular flexibility index (Phi) is 4.06. The fourth-order valence-electron chi connectivity index (χ4n) is 6.23. The number of benzene rings is 1. The normalized spacial score (nSPS) is 16.0. The molecule has 8 rings (SSSR count). The molecular weight excluding hydrogens is 470 g/mol. The molecule has 7 heterocycles. The number of hydrogen-bond acceptors (Lipinski definition) is 5. The highest BCUT2D eigenvalue weighted by Crippen LogP contribution is 2.44. The lowest BCUT2D eigenvalue weighted by Crippen LogP contribution is -2.20.